The topological polar surface area (TPSA) is 35.2 Å². The predicted octanol–water partition coefficient (Wildman–Crippen LogP) is 0.535. The van der Waals surface area contributed by atoms with Gasteiger partial charge in [0, 0.05) is 13.2 Å². The summed E-state index contributed by atoms with van der Waals surface area (Å²) in [6.45, 7) is 5.43. The maximum Gasteiger partial charge on any atom is 0.0897 e. The van der Waals surface area contributed by atoms with Crippen LogP contribution < -0.4 is 5.73 Å². The van der Waals surface area contributed by atoms with Crippen LogP contribution in [0.5, 0.6) is 0 Å². The molecule has 0 spiro atoms. The third-order valence-electron chi connectivity index (χ3n) is 1.02. The van der Waals surface area contributed by atoms with Crippen LogP contribution in [0.25, 0.3) is 0 Å². The van der Waals surface area contributed by atoms with Crippen molar-refractivity contribution in [3.63, 3.8) is 0 Å². The minimum atomic E-state index is -0.00463. The Morgan fingerprint density at radius 3 is 2.25 bits per heavy atom. The number of ether oxygens (including phenoxy) is 1. The van der Waals surface area contributed by atoms with E-state index < -0.39 is 0 Å². The molecule has 2 unspecified atom stereocenters. The molecule has 0 aromatic heterocycles. The lowest BCUT2D eigenvalue weighted by atomic mass is 10.2. The molecule has 0 amide bonds. The third kappa shape index (κ3) is 2.09. The van der Waals surface area contributed by atoms with Gasteiger partial charge in [-0.3, -0.25) is 0 Å². The van der Waals surface area contributed by atoms with E-state index in [2.05, 4.69) is 6.58 Å². The summed E-state index contributed by atoms with van der Waals surface area (Å²) >= 11 is 0. The second kappa shape index (κ2) is 3.64. The highest BCUT2D eigenvalue weighted by atomic mass is 16.5. The molecule has 0 aromatic rings. The minimum Gasteiger partial charge on any atom is -0.376 e. The van der Waals surface area contributed by atoms with E-state index >= 15 is 0 Å². The number of nitrogens with two attached hydrogens (primary N) is 1. The van der Waals surface area contributed by atoms with Gasteiger partial charge in [0.05, 0.1) is 6.10 Å². The smallest absolute Gasteiger partial charge is 0.0897 e. The molecule has 8 heavy (non-hydrogen) atoms. The van der Waals surface area contributed by atoms with Crippen molar-refractivity contribution < 1.29 is 4.74 Å². The highest BCUT2D eigenvalue weighted by Crippen LogP contribution is 1.93. The first-order valence-corrected chi connectivity index (χ1v) is 2.63. The molecule has 0 saturated carbocycles. The number of hydrogen-bond acceptors (Lipinski definition) is 2. The quantitative estimate of drug-likeness (QED) is 0.545. The van der Waals surface area contributed by atoms with E-state index in [1.807, 2.05) is 6.92 Å². The van der Waals surface area contributed by atoms with Gasteiger partial charge in [-0.25, -0.2) is 0 Å². The van der Waals surface area contributed by atoms with Gasteiger partial charge in [-0.05, 0) is 6.92 Å². The number of rotatable bonds is 3. The van der Waals surface area contributed by atoms with Crippen molar-refractivity contribution in [3.05, 3.63) is 12.7 Å². The highest BCUT2D eigenvalue weighted by Gasteiger charge is 2.05. The maximum atomic E-state index is 5.46. The minimum absolute atomic E-state index is 0.00463. The van der Waals surface area contributed by atoms with Crippen LogP contribution in [-0.4, -0.2) is 19.3 Å². The van der Waals surface area contributed by atoms with Crippen LogP contribution >= 0.6 is 0 Å². The van der Waals surface area contributed by atoms with Gasteiger partial charge in [0.15, 0.2) is 0 Å². The molecule has 0 rings (SSSR count). The molecule has 48 valence electrons. The van der Waals surface area contributed by atoms with Crippen LogP contribution in [0.1, 0.15) is 6.92 Å². The molecule has 0 heterocycles. The van der Waals surface area contributed by atoms with Crippen molar-refractivity contribution in [1.29, 1.82) is 0 Å². The fourth-order valence-corrected chi connectivity index (χ4v) is 0.526. The molecule has 0 aliphatic heterocycles. The highest BCUT2D eigenvalue weighted by molar-refractivity contribution is 4.85. The Labute approximate surface area is 50.3 Å². The maximum absolute atomic E-state index is 5.46. The lowest BCUT2D eigenvalue weighted by Crippen LogP contribution is -2.31. The molecular formula is C6H13NO. The molecular weight excluding hydrogens is 102 g/mol. The fourth-order valence-electron chi connectivity index (χ4n) is 0.526. The van der Waals surface area contributed by atoms with E-state index in [9.17, 15) is 0 Å². The third-order valence-corrected chi connectivity index (χ3v) is 1.02. The summed E-state index contributed by atoms with van der Waals surface area (Å²) in [6, 6.07) is 0.0394. The molecule has 0 aliphatic rings. The van der Waals surface area contributed by atoms with Gasteiger partial charge in [0.1, 0.15) is 0 Å². The van der Waals surface area contributed by atoms with E-state index in [4.69, 9.17) is 10.5 Å². The average molecular weight is 115 g/mol. The van der Waals surface area contributed by atoms with Gasteiger partial charge < -0.3 is 10.5 Å². The molecule has 2 nitrogen and oxygen atoms in total. The molecule has 0 fully saturated rings. The standard InChI is InChI=1S/C6H13NO/c1-4-6(8-3)5(2)7/h4-6H,1,7H2,2-3H3. The zero-order chi connectivity index (χ0) is 6.57. The van der Waals surface area contributed by atoms with Crippen molar-refractivity contribution in [1.82, 2.24) is 0 Å². The molecule has 0 aromatic carbocycles. The summed E-state index contributed by atoms with van der Waals surface area (Å²) in [6.07, 6.45) is 1.69. The molecule has 0 bridgehead atoms. The van der Waals surface area contributed by atoms with Crippen molar-refractivity contribution in [2.75, 3.05) is 7.11 Å². The van der Waals surface area contributed by atoms with Gasteiger partial charge in [0.25, 0.3) is 0 Å². The van der Waals surface area contributed by atoms with Crippen LogP contribution in [0.15, 0.2) is 12.7 Å². The Balaban J connectivity index is 3.51. The van der Waals surface area contributed by atoms with Gasteiger partial charge in [-0.1, -0.05) is 6.08 Å². The first-order valence-electron chi connectivity index (χ1n) is 2.63. The van der Waals surface area contributed by atoms with E-state index in [1.54, 1.807) is 13.2 Å². The second-order valence-corrected chi connectivity index (χ2v) is 1.80. The van der Waals surface area contributed by atoms with Crippen molar-refractivity contribution in [2.45, 2.75) is 19.1 Å². The van der Waals surface area contributed by atoms with Gasteiger partial charge in [0.2, 0.25) is 0 Å². The molecule has 0 radical (unpaired) electrons. The van der Waals surface area contributed by atoms with Crippen molar-refractivity contribution >= 4 is 0 Å². The van der Waals surface area contributed by atoms with E-state index in [0.717, 1.165) is 0 Å². The van der Waals surface area contributed by atoms with E-state index in [1.165, 1.54) is 0 Å². The largest absolute Gasteiger partial charge is 0.376 e. The molecule has 0 saturated heterocycles. The zero-order valence-corrected chi connectivity index (χ0v) is 5.42. The Hall–Kier alpha value is -0.340. The summed E-state index contributed by atoms with van der Waals surface area (Å²) in [5, 5.41) is 0. The molecule has 2 atom stereocenters. The molecule has 2 N–H and O–H groups in total. The summed E-state index contributed by atoms with van der Waals surface area (Å²) in [7, 11) is 1.62. The Bertz CT molecular complexity index is 70.9. The normalized spacial score (nSPS) is 17.4. The van der Waals surface area contributed by atoms with Gasteiger partial charge in [-0.15, -0.1) is 6.58 Å². The fraction of sp³-hybridized carbons (Fsp3) is 0.667. The number of methoxy groups -OCH3 is 1. The number of hydrogen-bond donors (Lipinski definition) is 1. The summed E-state index contributed by atoms with van der Waals surface area (Å²) in [5.74, 6) is 0. The Morgan fingerprint density at radius 1 is 1.75 bits per heavy atom. The van der Waals surface area contributed by atoms with Crippen LogP contribution in [0.3, 0.4) is 0 Å². The first kappa shape index (κ1) is 7.66. The van der Waals surface area contributed by atoms with Crippen LogP contribution in [0, 0.1) is 0 Å². The molecule has 2 heteroatoms. The van der Waals surface area contributed by atoms with Crippen molar-refractivity contribution in [2.24, 2.45) is 5.73 Å². The molecule has 0 aliphatic carbocycles. The van der Waals surface area contributed by atoms with Crippen LogP contribution in [0.4, 0.5) is 0 Å². The Morgan fingerprint density at radius 2 is 2.25 bits per heavy atom. The van der Waals surface area contributed by atoms with Crippen molar-refractivity contribution in [3.8, 4) is 0 Å². The first-order chi connectivity index (χ1) is 3.72. The predicted molar refractivity (Wildman–Crippen MR) is 34.6 cm³/mol. The van der Waals surface area contributed by atoms with Crippen LogP contribution in [0.2, 0.25) is 0 Å². The SMILES string of the molecule is C=CC(OC)C(C)N. The summed E-state index contributed by atoms with van der Waals surface area (Å²) < 4.78 is 4.92. The van der Waals surface area contributed by atoms with E-state index in [0.29, 0.717) is 0 Å². The Kier molecular flexibility index (Phi) is 3.48. The monoisotopic (exact) mass is 115 g/mol. The summed E-state index contributed by atoms with van der Waals surface area (Å²) in [5.41, 5.74) is 5.46. The lowest BCUT2D eigenvalue weighted by Gasteiger charge is -2.13. The van der Waals surface area contributed by atoms with Gasteiger partial charge in [-0.2, -0.15) is 0 Å². The summed E-state index contributed by atoms with van der Waals surface area (Å²) in [4.78, 5) is 0. The second-order valence-electron chi connectivity index (χ2n) is 1.80. The lowest BCUT2D eigenvalue weighted by molar-refractivity contribution is 0.124. The zero-order valence-electron chi connectivity index (χ0n) is 5.42. The van der Waals surface area contributed by atoms with Gasteiger partial charge >= 0.3 is 0 Å². The average Bonchev–Trinajstić information content (AvgIpc) is 1.69. The van der Waals surface area contributed by atoms with E-state index in [-0.39, 0.29) is 12.1 Å². The van der Waals surface area contributed by atoms with Crippen LogP contribution in [-0.2, 0) is 4.74 Å².